The van der Waals surface area contributed by atoms with Crippen LogP contribution >= 0.6 is 0 Å². The Bertz CT molecular complexity index is 180. The molecule has 0 saturated carbocycles. The van der Waals surface area contributed by atoms with Crippen LogP contribution in [0.15, 0.2) is 0 Å². The third kappa shape index (κ3) is 5.78. The Labute approximate surface area is 94.0 Å². The highest BCUT2D eigenvalue weighted by molar-refractivity contribution is 5.76. The van der Waals surface area contributed by atoms with E-state index in [0.717, 1.165) is 25.8 Å². The molecule has 15 heavy (non-hydrogen) atoms. The Morgan fingerprint density at radius 3 is 2.33 bits per heavy atom. The molecule has 0 bridgehead atoms. The van der Waals surface area contributed by atoms with E-state index in [9.17, 15) is 4.79 Å². The molecule has 0 aliphatic carbocycles. The van der Waals surface area contributed by atoms with Gasteiger partial charge in [-0.05, 0) is 40.0 Å². The lowest BCUT2D eigenvalue weighted by Gasteiger charge is -2.27. The minimum Gasteiger partial charge on any atom is -0.340 e. The summed E-state index contributed by atoms with van der Waals surface area (Å²) in [6, 6.07) is 0.564. The lowest BCUT2D eigenvalue weighted by molar-refractivity contribution is -0.133. The molecule has 1 amide bonds. The van der Waals surface area contributed by atoms with E-state index in [1.54, 1.807) is 0 Å². The largest absolute Gasteiger partial charge is 0.340 e. The molecule has 0 heterocycles. The number of hydrogen-bond acceptors (Lipinski definition) is 2. The van der Waals surface area contributed by atoms with Gasteiger partial charge in [0.15, 0.2) is 0 Å². The van der Waals surface area contributed by atoms with Gasteiger partial charge in [0.25, 0.3) is 0 Å². The molecule has 90 valence electrons. The molecule has 0 aliphatic heterocycles. The first kappa shape index (κ1) is 14.4. The quantitative estimate of drug-likeness (QED) is 0.706. The fourth-order valence-electron chi connectivity index (χ4n) is 1.67. The van der Waals surface area contributed by atoms with Gasteiger partial charge in [-0.1, -0.05) is 6.92 Å². The van der Waals surface area contributed by atoms with E-state index in [1.165, 1.54) is 0 Å². The summed E-state index contributed by atoms with van der Waals surface area (Å²) < 4.78 is 0. The number of rotatable bonds is 7. The average molecular weight is 214 g/mol. The van der Waals surface area contributed by atoms with Crippen LogP contribution in [-0.2, 0) is 4.79 Å². The molecule has 0 aromatic carbocycles. The maximum atomic E-state index is 11.8. The van der Waals surface area contributed by atoms with Crippen LogP contribution in [0.1, 0.15) is 53.4 Å². The van der Waals surface area contributed by atoms with Crippen LogP contribution in [0.4, 0.5) is 0 Å². The molecule has 2 unspecified atom stereocenters. The van der Waals surface area contributed by atoms with E-state index in [4.69, 9.17) is 5.73 Å². The average Bonchev–Trinajstić information content (AvgIpc) is 2.18. The summed E-state index contributed by atoms with van der Waals surface area (Å²) in [7, 11) is 0. The zero-order valence-electron chi connectivity index (χ0n) is 10.6. The van der Waals surface area contributed by atoms with E-state index in [2.05, 4.69) is 13.8 Å². The van der Waals surface area contributed by atoms with E-state index < -0.39 is 0 Å². The highest BCUT2D eigenvalue weighted by Crippen LogP contribution is 2.08. The second kappa shape index (κ2) is 7.69. The van der Waals surface area contributed by atoms with Crippen LogP contribution in [-0.4, -0.2) is 29.4 Å². The van der Waals surface area contributed by atoms with E-state index in [1.807, 2.05) is 18.7 Å². The fraction of sp³-hybridized carbons (Fsp3) is 0.917. The van der Waals surface area contributed by atoms with Crippen molar-refractivity contribution in [3.63, 3.8) is 0 Å². The third-order valence-corrected chi connectivity index (χ3v) is 2.83. The van der Waals surface area contributed by atoms with Gasteiger partial charge in [-0.25, -0.2) is 0 Å². The van der Waals surface area contributed by atoms with Gasteiger partial charge >= 0.3 is 0 Å². The summed E-state index contributed by atoms with van der Waals surface area (Å²) in [5, 5.41) is 0. The summed E-state index contributed by atoms with van der Waals surface area (Å²) in [6.07, 6.45) is 3.50. The molecule has 0 aromatic rings. The summed E-state index contributed by atoms with van der Waals surface area (Å²) in [5.74, 6) is 0.271. The van der Waals surface area contributed by atoms with E-state index >= 15 is 0 Å². The van der Waals surface area contributed by atoms with Crippen LogP contribution < -0.4 is 5.73 Å². The van der Waals surface area contributed by atoms with Gasteiger partial charge in [-0.2, -0.15) is 0 Å². The molecule has 0 aromatic heterocycles. The van der Waals surface area contributed by atoms with Crippen molar-refractivity contribution in [1.29, 1.82) is 0 Å². The Morgan fingerprint density at radius 1 is 1.33 bits per heavy atom. The molecule has 0 fully saturated rings. The first-order valence-electron chi connectivity index (χ1n) is 6.07. The van der Waals surface area contributed by atoms with Crippen molar-refractivity contribution in [3.8, 4) is 0 Å². The topological polar surface area (TPSA) is 46.3 Å². The number of carbonyl (C=O) groups is 1. The van der Waals surface area contributed by atoms with Crippen molar-refractivity contribution < 1.29 is 4.79 Å². The predicted octanol–water partition coefficient (Wildman–Crippen LogP) is 2.15. The molecule has 2 N–H and O–H groups in total. The Balaban J connectivity index is 3.94. The Morgan fingerprint density at radius 2 is 1.93 bits per heavy atom. The number of nitrogens with zero attached hydrogens (tertiary/aromatic N) is 1. The van der Waals surface area contributed by atoms with Crippen LogP contribution in [0.5, 0.6) is 0 Å². The fourth-order valence-corrected chi connectivity index (χ4v) is 1.67. The standard InChI is InChI=1S/C12H26N2O/c1-5-11(4)14(6-2)12(15)9-7-8-10(3)13/h10-11H,5-9,13H2,1-4H3. The van der Waals surface area contributed by atoms with Crippen LogP contribution in [0, 0.1) is 0 Å². The van der Waals surface area contributed by atoms with Gasteiger partial charge in [0.2, 0.25) is 5.91 Å². The maximum absolute atomic E-state index is 11.8. The van der Waals surface area contributed by atoms with Crippen molar-refractivity contribution in [2.24, 2.45) is 5.73 Å². The van der Waals surface area contributed by atoms with Crippen molar-refractivity contribution in [2.45, 2.75) is 65.5 Å². The minimum absolute atomic E-state index is 0.205. The molecule has 0 aliphatic rings. The van der Waals surface area contributed by atoms with Crippen molar-refractivity contribution >= 4 is 5.91 Å². The number of nitrogens with two attached hydrogens (primary N) is 1. The summed E-state index contributed by atoms with van der Waals surface area (Å²) in [5.41, 5.74) is 5.65. The molecule has 0 saturated heterocycles. The molecule has 0 radical (unpaired) electrons. The van der Waals surface area contributed by atoms with Crippen molar-refractivity contribution in [3.05, 3.63) is 0 Å². The highest BCUT2D eigenvalue weighted by Gasteiger charge is 2.16. The molecule has 0 rings (SSSR count). The van der Waals surface area contributed by atoms with E-state index in [-0.39, 0.29) is 11.9 Å². The highest BCUT2D eigenvalue weighted by atomic mass is 16.2. The first-order valence-corrected chi connectivity index (χ1v) is 6.07. The second-order valence-electron chi connectivity index (χ2n) is 4.31. The lowest BCUT2D eigenvalue weighted by Crippen LogP contribution is -2.38. The molecule has 3 nitrogen and oxygen atoms in total. The Kier molecular flexibility index (Phi) is 7.39. The van der Waals surface area contributed by atoms with Crippen LogP contribution in [0.2, 0.25) is 0 Å². The maximum Gasteiger partial charge on any atom is 0.222 e. The van der Waals surface area contributed by atoms with Gasteiger partial charge in [0.1, 0.15) is 0 Å². The van der Waals surface area contributed by atoms with Gasteiger partial charge < -0.3 is 10.6 Å². The van der Waals surface area contributed by atoms with Crippen LogP contribution in [0.25, 0.3) is 0 Å². The number of hydrogen-bond donors (Lipinski definition) is 1. The zero-order valence-corrected chi connectivity index (χ0v) is 10.6. The van der Waals surface area contributed by atoms with Crippen LogP contribution in [0.3, 0.4) is 0 Å². The SMILES string of the molecule is CCC(C)N(CC)C(=O)CCCC(C)N. The zero-order chi connectivity index (χ0) is 11.8. The van der Waals surface area contributed by atoms with Gasteiger partial charge in [0, 0.05) is 25.0 Å². The van der Waals surface area contributed by atoms with Gasteiger partial charge in [-0.3, -0.25) is 4.79 Å². The van der Waals surface area contributed by atoms with Crippen molar-refractivity contribution in [1.82, 2.24) is 4.90 Å². The minimum atomic E-state index is 0.205. The third-order valence-electron chi connectivity index (χ3n) is 2.83. The van der Waals surface area contributed by atoms with E-state index in [0.29, 0.717) is 12.5 Å². The Hall–Kier alpha value is -0.570. The van der Waals surface area contributed by atoms with Gasteiger partial charge in [-0.15, -0.1) is 0 Å². The number of carbonyl (C=O) groups excluding carboxylic acids is 1. The predicted molar refractivity (Wildman–Crippen MR) is 64.6 cm³/mol. The normalized spacial score (nSPS) is 14.7. The summed E-state index contributed by atoms with van der Waals surface area (Å²) in [4.78, 5) is 13.8. The molecular formula is C12H26N2O. The first-order chi connectivity index (χ1) is 7.02. The molecular weight excluding hydrogens is 188 g/mol. The summed E-state index contributed by atoms with van der Waals surface area (Å²) >= 11 is 0. The lowest BCUT2D eigenvalue weighted by atomic mass is 10.1. The molecule has 2 atom stereocenters. The molecule has 3 heteroatoms. The van der Waals surface area contributed by atoms with Gasteiger partial charge in [0.05, 0.1) is 0 Å². The smallest absolute Gasteiger partial charge is 0.222 e. The summed E-state index contributed by atoms with van der Waals surface area (Å²) in [6.45, 7) is 9.05. The monoisotopic (exact) mass is 214 g/mol. The second-order valence-corrected chi connectivity index (χ2v) is 4.31. The number of amides is 1. The van der Waals surface area contributed by atoms with Crippen molar-refractivity contribution in [2.75, 3.05) is 6.54 Å². The molecule has 0 spiro atoms.